The molecule has 2 saturated heterocycles. The van der Waals surface area contributed by atoms with Gasteiger partial charge in [0.15, 0.2) is 0 Å². The van der Waals surface area contributed by atoms with Crippen LogP contribution in [0.25, 0.3) is 0 Å². The minimum atomic E-state index is -0.307. The van der Waals surface area contributed by atoms with Gasteiger partial charge in [0.2, 0.25) is 11.8 Å². The molecule has 0 radical (unpaired) electrons. The molecule has 4 aliphatic rings. The predicted molar refractivity (Wildman–Crippen MR) is 157 cm³/mol. The van der Waals surface area contributed by atoms with Crippen LogP contribution in [0.1, 0.15) is 71.8 Å². The van der Waals surface area contributed by atoms with E-state index in [1.807, 2.05) is 28.0 Å². The van der Waals surface area contributed by atoms with Gasteiger partial charge in [-0.25, -0.2) is 4.79 Å². The molecule has 0 bridgehead atoms. The number of hydrogen-bond acceptors (Lipinski definition) is 4. The number of hydrogen-bond donors (Lipinski definition) is 1. The summed E-state index contributed by atoms with van der Waals surface area (Å²) in [6, 6.07) is 7.99. The lowest BCUT2D eigenvalue weighted by atomic mass is 9.79. The van der Waals surface area contributed by atoms with E-state index in [1.54, 1.807) is 11.8 Å². The number of thioether (sulfide) groups is 1. The van der Waals surface area contributed by atoms with Crippen LogP contribution >= 0.6 is 11.8 Å². The second kappa shape index (κ2) is 11.9. The lowest BCUT2D eigenvalue weighted by Gasteiger charge is -2.40. The molecule has 3 heterocycles. The number of carbonyl (C=O) groups is 3. The average Bonchev–Trinajstić information content (AvgIpc) is 3.21. The minimum absolute atomic E-state index is 0.0553. The number of fused-ring (bicyclic) bond motifs is 1. The van der Waals surface area contributed by atoms with Crippen molar-refractivity contribution in [2.75, 3.05) is 25.0 Å². The SMILES string of the molecule is CC1=CCCC(C)C1C1SC(CC(=O)N2CCC(N3Cc4ccccc4NC3=O)CC2)C(=O)N1CCC(C)C. The summed E-state index contributed by atoms with van der Waals surface area (Å²) in [7, 11) is 0. The van der Waals surface area contributed by atoms with Crippen molar-refractivity contribution < 1.29 is 14.4 Å². The molecule has 8 heteroatoms. The third kappa shape index (κ3) is 6.01. The fourth-order valence-corrected chi connectivity index (χ4v) is 8.57. The Bertz CT molecular complexity index is 1110. The first-order chi connectivity index (χ1) is 18.7. The fourth-order valence-electron chi connectivity index (χ4n) is 6.74. The highest BCUT2D eigenvalue weighted by molar-refractivity contribution is 8.01. The predicted octanol–water partition coefficient (Wildman–Crippen LogP) is 5.72. The number of benzene rings is 1. The Morgan fingerprint density at radius 1 is 1.13 bits per heavy atom. The number of anilines is 1. The number of carbonyl (C=O) groups excluding carboxylic acids is 3. The van der Waals surface area contributed by atoms with Crippen molar-refractivity contribution in [2.45, 2.75) is 89.4 Å². The Labute approximate surface area is 237 Å². The van der Waals surface area contributed by atoms with E-state index < -0.39 is 0 Å². The number of nitrogens with one attached hydrogen (secondary N) is 1. The van der Waals surface area contributed by atoms with Crippen LogP contribution in [0, 0.1) is 17.8 Å². The zero-order valence-electron chi connectivity index (χ0n) is 23.9. The van der Waals surface area contributed by atoms with Crippen molar-refractivity contribution in [1.82, 2.24) is 14.7 Å². The van der Waals surface area contributed by atoms with Crippen LogP contribution in [0.3, 0.4) is 0 Å². The van der Waals surface area contributed by atoms with E-state index in [-0.39, 0.29) is 40.9 Å². The van der Waals surface area contributed by atoms with Crippen molar-refractivity contribution in [3.63, 3.8) is 0 Å². The maximum Gasteiger partial charge on any atom is 0.322 e. The number of likely N-dealkylation sites (tertiary alicyclic amines) is 1. The minimum Gasteiger partial charge on any atom is -0.342 e. The molecule has 7 nitrogen and oxygen atoms in total. The summed E-state index contributed by atoms with van der Waals surface area (Å²) in [5.74, 6) is 1.64. The summed E-state index contributed by atoms with van der Waals surface area (Å²) in [6.07, 6.45) is 7.40. The third-order valence-corrected chi connectivity index (χ3v) is 10.7. The zero-order chi connectivity index (χ0) is 27.7. The number of nitrogens with zero attached hydrogens (tertiary/aromatic N) is 3. The van der Waals surface area contributed by atoms with Gasteiger partial charge in [-0.15, -0.1) is 11.8 Å². The van der Waals surface area contributed by atoms with Crippen molar-refractivity contribution in [3.8, 4) is 0 Å². The van der Waals surface area contributed by atoms with Crippen molar-refractivity contribution >= 4 is 35.3 Å². The van der Waals surface area contributed by atoms with Gasteiger partial charge in [0.25, 0.3) is 0 Å². The van der Waals surface area contributed by atoms with Crippen LogP contribution in [-0.4, -0.2) is 68.8 Å². The Kier molecular flexibility index (Phi) is 8.60. The molecule has 1 aliphatic carbocycles. The van der Waals surface area contributed by atoms with Gasteiger partial charge in [-0.2, -0.15) is 0 Å². The molecular formula is C31H44N4O3S. The van der Waals surface area contributed by atoms with Crippen LogP contribution in [-0.2, 0) is 16.1 Å². The summed E-state index contributed by atoms with van der Waals surface area (Å²) < 4.78 is 0. The van der Waals surface area contributed by atoms with Gasteiger partial charge in [-0.3, -0.25) is 9.59 Å². The Hall–Kier alpha value is -2.48. The number of amides is 4. The van der Waals surface area contributed by atoms with Crippen LogP contribution in [0.2, 0.25) is 0 Å². The highest BCUT2D eigenvalue weighted by Crippen LogP contribution is 2.45. The average molecular weight is 553 g/mol. The molecule has 212 valence electrons. The molecular weight excluding hydrogens is 508 g/mol. The van der Waals surface area contributed by atoms with E-state index in [0.29, 0.717) is 37.4 Å². The molecule has 3 aliphatic heterocycles. The normalized spacial score (nSPS) is 28.0. The monoisotopic (exact) mass is 552 g/mol. The molecule has 2 fully saturated rings. The van der Waals surface area contributed by atoms with Gasteiger partial charge in [0.1, 0.15) is 0 Å². The van der Waals surface area contributed by atoms with Gasteiger partial charge in [0, 0.05) is 50.2 Å². The second-order valence-corrected chi connectivity index (χ2v) is 13.6. The maximum atomic E-state index is 13.7. The van der Waals surface area contributed by atoms with E-state index in [2.05, 4.69) is 50.1 Å². The zero-order valence-corrected chi connectivity index (χ0v) is 24.7. The van der Waals surface area contributed by atoms with Crippen molar-refractivity contribution in [2.24, 2.45) is 17.8 Å². The topological polar surface area (TPSA) is 73.0 Å². The van der Waals surface area contributed by atoms with Crippen molar-refractivity contribution in [1.29, 1.82) is 0 Å². The molecule has 0 aromatic heterocycles. The summed E-state index contributed by atoms with van der Waals surface area (Å²) in [6.45, 7) is 11.6. The number of piperidine rings is 1. The van der Waals surface area contributed by atoms with Crippen LogP contribution in [0.5, 0.6) is 0 Å². The molecule has 5 rings (SSSR count). The lowest BCUT2D eigenvalue weighted by molar-refractivity contribution is -0.137. The van der Waals surface area contributed by atoms with Gasteiger partial charge in [0.05, 0.1) is 10.6 Å². The van der Waals surface area contributed by atoms with Gasteiger partial charge in [-0.1, -0.05) is 50.6 Å². The highest BCUT2D eigenvalue weighted by Gasteiger charge is 2.47. The quantitative estimate of drug-likeness (QED) is 0.439. The van der Waals surface area contributed by atoms with E-state index in [4.69, 9.17) is 0 Å². The molecule has 1 N–H and O–H groups in total. The molecule has 4 unspecified atom stereocenters. The number of allylic oxidation sites excluding steroid dienone is 1. The number of urea groups is 1. The Morgan fingerprint density at radius 3 is 2.59 bits per heavy atom. The Morgan fingerprint density at radius 2 is 1.87 bits per heavy atom. The maximum absolute atomic E-state index is 13.7. The highest BCUT2D eigenvalue weighted by atomic mass is 32.2. The van der Waals surface area contributed by atoms with Crippen LogP contribution < -0.4 is 5.32 Å². The number of para-hydroxylation sites is 1. The van der Waals surface area contributed by atoms with E-state index >= 15 is 0 Å². The van der Waals surface area contributed by atoms with Crippen LogP contribution in [0.4, 0.5) is 10.5 Å². The Balaban J connectivity index is 1.20. The lowest BCUT2D eigenvalue weighted by Crippen LogP contribution is -2.51. The molecule has 1 aromatic carbocycles. The molecule has 0 saturated carbocycles. The second-order valence-electron chi connectivity index (χ2n) is 12.3. The summed E-state index contributed by atoms with van der Waals surface area (Å²) >= 11 is 1.73. The van der Waals surface area contributed by atoms with Gasteiger partial charge >= 0.3 is 6.03 Å². The first kappa shape index (κ1) is 28.1. The molecule has 39 heavy (non-hydrogen) atoms. The van der Waals surface area contributed by atoms with Gasteiger partial charge in [-0.05, 0) is 62.5 Å². The summed E-state index contributed by atoms with van der Waals surface area (Å²) in [5.41, 5.74) is 3.41. The largest absolute Gasteiger partial charge is 0.342 e. The summed E-state index contributed by atoms with van der Waals surface area (Å²) in [4.78, 5) is 45.8. The van der Waals surface area contributed by atoms with Gasteiger partial charge < -0.3 is 20.0 Å². The van der Waals surface area contributed by atoms with Crippen LogP contribution in [0.15, 0.2) is 35.9 Å². The standard InChI is InChI=1S/C31H44N4O3S/c1-20(2)12-17-34-29(37)26(39-30(34)28-21(3)8-7-9-22(28)4)18-27(36)33-15-13-24(14-16-33)35-19-23-10-5-6-11-25(23)32-31(35)38/h5-6,8,10-11,20,22,24,26,28,30H,7,9,12-19H2,1-4H3,(H,32,38). The first-order valence-corrected chi connectivity index (χ1v) is 15.7. The van der Waals surface area contributed by atoms with E-state index in [0.717, 1.165) is 49.9 Å². The third-order valence-electron chi connectivity index (χ3n) is 9.13. The molecule has 4 amide bonds. The molecule has 1 aromatic rings. The molecule has 0 spiro atoms. The van der Waals surface area contributed by atoms with Crippen molar-refractivity contribution in [3.05, 3.63) is 41.5 Å². The smallest absolute Gasteiger partial charge is 0.322 e. The van der Waals surface area contributed by atoms with E-state index in [9.17, 15) is 14.4 Å². The van der Waals surface area contributed by atoms with E-state index in [1.165, 1.54) is 5.57 Å². The fraction of sp³-hybridized carbons (Fsp3) is 0.645. The number of rotatable bonds is 7. The first-order valence-electron chi connectivity index (χ1n) is 14.8. The molecule has 4 atom stereocenters. The summed E-state index contributed by atoms with van der Waals surface area (Å²) in [5, 5.41) is 2.82.